The second-order valence-corrected chi connectivity index (χ2v) is 2.53. The first-order chi connectivity index (χ1) is 5.16. The lowest BCUT2D eigenvalue weighted by atomic mass is 10.4. The van der Waals surface area contributed by atoms with E-state index >= 15 is 0 Å². The van der Waals surface area contributed by atoms with Gasteiger partial charge in [0.2, 0.25) is 5.76 Å². The highest BCUT2D eigenvalue weighted by atomic mass is 79.9. The molecule has 0 aromatic carbocycles. The zero-order valence-corrected chi connectivity index (χ0v) is 6.70. The van der Waals surface area contributed by atoms with E-state index in [0.717, 1.165) is 6.26 Å². The molecular formula is C5H2BrNO4. The Balaban J connectivity index is 3.28. The van der Waals surface area contributed by atoms with E-state index in [0.29, 0.717) is 6.29 Å². The van der Waals surface area contributed by atoms with E-state index < -0.39 is 4.92 Å². The molecule has 0 aliphatic heterocycles. The van der Waals surface area contributed by atoms with Crippen LogP contribution < -0.4 is 0 Å². The largest absolute Gasteiger partial charge is 0.453 e. The molecule has 1 aromatic rings. The molecule has 0 fully saturated rings. The maximum atomic E-state index is 10.2. The van der Waals surface area contributed by atoms with Gasteiger partial charge in [0.1, 0.15) is 10.7 Å². The minimum atomic E-state index is -0.683. The molecule has 1 rings (SSSR count). The summed E-state index contributed by atoms with van der Waals surface area (Å²) < 4.78 is 4.72. The predicted octanol–water partition coefficient (Wildman–Crippen LogP) is 1.76. The quantitative estimate of drug-likeness (QED) is 0.432. The highest BCUT2D eigenvalue weighted by molar-refractivity contribution is 9.10. The van der Waals surface area contributed by atoms with Crippen LogP contribution in [0, 0.1) is 10.1 Å². The first-order valence-corrected chi connectivity index (χ1v) is 3.32. The summed E-state index contributed by atoms with van der Waals surface area (Å²) in [4.78, 5) is 19.7. The predicted molar refractivity (Wildman–Crippen MR) is 38.4 cm³/mol. The smallest absolute Gasteiger partial charge is 0.332 e. The van der Waals surface area contributed by atoms with Gasteiger partial charge in [-0.3, -0.25) is 14.9 Å². The Morgan fingerprint density at radius 2 is 2.36 bits per heavy atom. The molecule has 58 valence electrons. The zero-order valence-electron chi connectivity index (χ0n) is 5.11. The van der Waals surface area contributed by atoms with Crippen LogP contribution in [0.5, 0.6) is 0 Å². The van der Waals surface area contributed by atoms with Crippen molar-refractivity contribution >= 4 is 27.9 Å². The molecule has 0 atom stereocenters. The fourth-order valence-electron chi connectivity index (χ4n) is 0.605. The summed E-state index contributed by atoms with van der Waals surface area (Å²) in [6.07, 6.45) is 1.39. The Morgan fingerprint density at radius 3 is 2.73 bits per heavy atom. The summed E-state index contributed by atoms with van der Waals surface area (Å²) in [7, 11) is 0. The highest BCUT2D eigenvalue weighted by Gasteiger charge is 2.22. The van der Waals surface area contributed by atoms with E-state index in [2.05, 4.69) is 20.3 Å². The number of rotatable bonds is 2. The molecule has 11 heavy (non-hydrogen) atoms. The molecule has 0 amide bonds. The fraction of sp³-hybridized carbons (Fsp3) is 0. The third-order valence-corrected chi connectivity index (χ3v) is 1.60. The van der Waals surface area contributed by atoms with Crippen LogP contribution in [-0.4, -0.2) is 11.2 Å². The van der Waals surface area contributed by atoms with Crippen LogP contribution >= 0.6 is 15.9 Å². The van der Waals surface area contributed by atoms with E-state index in [1.165, 1.54) is 0 Å². The number of hydrogen-bond acceptors (Lipinski definition) is 4. The Labute approximate surface area is 69.3 Å². The molecule has 0 spiro atoms. The second-order valence-electron chi connectivity index (χ2n) is 1.67. The van der Waals surface area contributed by atoms with Crippen LogP contribution in [0.4, 0.5) is 5.69 Å². The van der Waals surface area contributed by atoms with Crippen LogP contribution in [0.2, 0.25) is 0 Å². The average Bonchev–Trinajstić information content (AvgIpc) is 2.30. The highest BCUT2D eigenvalue weighted by Crippen LogP contribution is 2.29. The van der Waals surface area contributed by atoms with Gasteiger partial charge in [-0.05, 0) is 15.9 Å². The van der Waals surface area contributed by atoms with Gasteiger partial charge in [-0.25, -0.2) is 0 Å². The number of halogens is 1. The van der Waals surface area contributed by atoms with Crippen molar-refractivity contribution in [1.29, 1.82) is 0 Å². The SMILES string of the molecule is O=Cc1occ(Br)c1[N+](=O)[O-]. The minimum Gasteiger partial charge on any atom is -0.453 e. The molecule has 0 unspecified atom stereocenters. The molecule has 0 aliphatic rings. The van der Waals surface area contributed by atoms with Crippen molar-refractivity contribution in [2.75, 3.05) is 0 Å². The fourth-order valence-corrected chi connectivity index (χ4v) is 1.04. The molecule has 0 saturated heterocycles. The van der Waals surface area contributed by atoms with E-state index in [9.17, 15) is 14.9 Å². The van der Waals surface area contributed by atoms with Crippen molar-refractivity contribution in [2.45, 2.75) is 0 Å². The van der Waals surface area contributed by atoms with E-state index in [1.54, 1.807) is 0 Å². The number of furan rings is 1. The lowest BCUT2D eigenvalue weighted by molar-refractivity contribution is -0.386. The Hall–Kier alpha value is -1.17. The van der Waals surface area contributed by atoms with Gasteiger partial charge in [-0.15, -0.1) is 0 Å². The number of carbonyl (C=O) groups excluding carboxylic acids is 1. The second kappa shape index (κ2) is 2.83. The molecule has 0 bridgehead atoms. The Morgan fingerprint density at radius 1 is 1.73 bits per heavy atom. The number of aldehydes is 1. The third kappa shape index (κ3) is 1.30. The first kappa shape index (κ1) is 7.93. The van der Waals surface area contributed by atoms with Crippen molar-refractivity contribution in [1.82, 2.24) is 0 Å². The van der Waals surface area contributed by atoms with Crippen molar-refractivity contribution in [2.24, 2.45) is 0 Å². The number of hydrogen-bond donors (Lipinski definition) is 0. The zero-order chi connectivity index (χ0) is 8.43. The van der Waals surface area contributed by atoms with E-state index in [-0.39, 0.29) is 15.9 Å². The van der Waals surface area contributed by atoms with Crippen LogP contribution in [0.3, 0.4) is 0 Å². The Bertz CT molecular complexity index is 305. The Kier molecular flexibility index (Phi) is 2.04. The lowest BCUT2D eigenvalue weighted by Gasteiger charge is -1.84. The molecule has 0 saturated carbocycles. The van der Waals surface area contributed by atoms with Crippen LogP contribution in [0.15, 0.2) is 15.2 Å². The van der Waals surface area contributed by atoms with Crippen molar-refractivity contribution < 1.29 is 14.1 Å². The summed E-state index contributed by atoms with van der Waals surface area (Å²) in [5.74, 6) is -0.276. The first-order valence-electron chi connectivity index (χ1n) is 2.53. The maximum absolute atomic E-state index is 10.2. The number of carbonyl (C=O) groups is 1. The maximum Gasteiger partial charge on any atom is 0.332 e. The summed E-state index contributed by atoms with van der Waals surface area (Å²) >= 11 is 2.86. The average molecular weight is 220 g/mol. The lowest BCUT2D eigenvalue weighted by Crippen LogP contribution is -1.90. The van der Waals surface area contributed by atoms with E-state index in [1.807, 2.05) is 0 Å². The molecule has 0 aliphatic carbocycles. The molecule has 1 aromatic heterocycles. The molecule has 0 N–H and O–H groups in total. The van der Waals surface area contributed by atoms with Gasteiger partial charge in [-0.2, -0.15) is 0 Å². The summed E-state index contributed by atoms with van der Waals surface area (Å²) in [5.41, 5.74) is -0.333. The van der Waals surface area contributed by atoms with Crippen LogP contribution in [0.25, 0.3) is 0 Å². The van der Waals surface area contributed by atoms with Gasteiger partial charge < -0.3 is 4.42 Å². The molecule has 1 heterocycles. The van der Waals surface area contributed by atoms with Gasteiger partial charge in [-0.1, -0.05) is 0 Å². The number of nitrogens with zero attached hydrogens (tertiary/aromatic N) is 1. The molecule has 0 radical (unpaired) electrons. The van der Waals surface area contributed by atoms with Gasteiger partial charge in [0, 0.05) is 0 Å². The summed E-state index contributed by atoms with van der Waals surface area (Å²) in [6, 6.07) is 0. The van der Waals surface area contributed by atoms with Gasteiger partial charge in [0.25, 0.3) is 0 Å². The van der Waals surface area contributed by atoms with Crippen LogP contribution in [-0.2, 0) is 0 Å². The van der Waals surface area contributed by atoms with Crippen molar-refractivity contribution in [3.8, 4) is 0 Å². The standard InChI is InChI=1S/C5H2BrNO4/c6-3-2-11-4(1-8)5(3)7(9)10/h1-2H. The minimum absolute atomic E-state index is 0.171. The summed E-state index contributed by atoms with van der Waals surface area (Å²) in [5, 5.41) is 10.2. The normalized spacial score (nSPS) is 9.55. The summed E-state index contributed by atoms with van der Waals surface area (Å²) in [6.45, 7) is 0. The molecule has 6 heteroatoms. The number of nitro groups is 1. The van der Waals surface area contributed by atoms with Gasteiger partial charge >= 0.3 is 5.69 Å². The van der Waals surface area contributed by atoms with Crippen molar-refractivity contribution in [3.63, 3.8) is 0 Å². The van der Waals surface area contributed by atoms with Crippen LogP contribution in [0.1, 0.15) is 10.6 Å². The van der Waals surface area contributed by atoms with Gasteiger partial charge in [0.05, 0.1) is 4.92 Å². The van der Waals surface area contributed by atoms with Crippen molar-refractivity contribution in [3.05, 3.63) is 26.6 Å². The third-order valence-electron chi connectivity index (χ3n) is 1.04. The topological polar surface area (TPSA) is 73.3 Å². The monoisotopic (exact) mass is 219 g/mol. The van der Waals surface area contributed by atoms with E-state index in [4.69, 9.17) is 0 Å². The molecule has 5 nitrogen and oxygen atoms in total. The molecular weight excluding hydrogens is 218 g/mol. The van der Waals surface area contributed by atoms with Gasteiger partial charge in [0.15, 0.2) is 6.29 Å².